The number of benzene rings is 1. The first-order chi connectivity index (χ1) is 11.5. The molecule has 7 heteroatoms. The molecular weight excluding hydrogens is 310 g/mol. The van der Waals surface area contributed by atoms with Gasteiger partial charge in [-0.2, -0.15) is 5.26 Å². The molecule has 0 radical (unpaired) electrons. The number of methoxy groups -OCH3 is 1. The first-order valence-electron chi connectivity index (χ1n) is 7.92. The van der Waals surface area contributed by atoms with E-state index < -0.39 is 0 Å². The molecule has 130 valence electrons. The molecule has 24 heavy (non-hydrogen) atoms. The van der Waals surface area contributed by atoms with Crippen LogP contribution in [0.5, 0.6) is 11.5 Å². The van der Waals surface area contributed by atoms with E-state index in [0.717, 1.165) is 13.1 Å². The van der Waals surface area contributed by atoms with Gasteiger partial charge in [-0.05, 0) is 19.1 Å². The van der Waals surface area contributed by atoms with Crippen LogP contribution in [0.2, 0.25) is 0 Å². The summed E-state index contributed by atoms with van der Waals surface area (Å²) in [6.07, 6.45) is -0.362. The third-order valence-electron chi connectivity index (χ3n) is 3.89. The smallest absolute Gasteiger partial charge is 0.260 e. The highest BCUT2D eigenvalue weighted by molar-refractivity contribution is 5.78. The second-order valence-electron chi connectivity index (χ2n) is 5.80. The number of piperazine rings is 1. The summed E-state index contributed by atoms with van der Waals surface area (Å²) in [5, 5.41) is 18.3. The lowest BCUT2D eigenvalue weighted by Crippen LogP contribution is -2.51. The summed E-state index contributed by atoms with van der Waals surface area (Å²) >= 11 is 0. The number of aliphatic hydroxyl groups is 1. The molecule has 1 aromatic rings. The Morgan fingerprint density at radius 3 is 2.62 bits per heavy atom. The number of aliphatic hydroxyl groups excluding tert-OH is 1. The summed E-state index contributed by atoms with van der Waals surface area (Å²) in [5.41, 5.74) is 0.472. The Bertz CT molecular complexity index is 604. The summed E-state index contributed by atoms with van der Waals surface area (Å²) in [6, 6.07) is 6.86. The van der Waals surface area contributed by atoms with Crippen molar-refractivity contribution in [1.29, 1.82) is 5.26 Å². The van der Waals surface area contributed by atoms with Crippen molar-refractivity contribution < 1.29 is 19.4 Å². The molecule has 1 saturated heterocycles. The van der Waals surface area contributed by atoms with Gasteiger partial charge in [0.15, 0.2) is 18.1 Å². The zero-order valence-electron chi connectivity index (χ0n) is 14.1. The van der Waals surface area contributed by atoms with Crippen molar-refractivity contribution in [3.63, 3.8) is 0 Å². The van der Waals surface area contributed by atoms with Crippen LogP contribution < -0.4 is 9.47 Å². The number of carbonyl (C=O) groups is 1. The van der Waals surface area contributed by atoms with E-state index in [1.165, 1.54) is 7.11 Å². The second kappa shape index (κ2) is 8.52. The van der Waals surface area contributed by atoms with Gasteiger partial charge < -0.3 is 19.5 Å². The highest BCUT2D eigenvalue weighted by Gasteiger charge is 2.22. The van der Waals surface area contributed by atoms with Crippen molar-refractivity contribution >= 4 is 5.91 Å². The highest BCUT2D eigenvalue weighted by atomic mass is 16.5. The Balaban J connectivity index is 1.85. The number of nitriles is 1. The van der Waals surface area contributed by atoms with Crippen LogP contribution in [0, 0.1) is 11.3 Å². The number of ether oxygens (including phenoxy) is 2. The van der Waals surface area contributed by atoms with Gasteiger partial charge in [-0.15, -0.1) is 0 Å². The van der Waals surface area contributed by atoms with Crippen molar-refractivity contribution in [2.24, 2.45) is 0 Å². The molecule has 1 aromatic carbocycles. The van der Waals surface area contributed by atoms with Crippen molar-refractivity contribution in [3.05, 3.63) is 23.8 Å². The molecule has 1 aliphatic heterocycles. The molecule has 1 N–H and O–H groups in total. The van der Waals surface area contributed by atoms with E-state index in [9.17, 15) is 9.90 Å². The van der Waals surface area contributed by atoms with Gasteiger partial charge in [-0.3, -0.25) is 9.69 Å². The summed E-state index contributed by atoms with van der Waals surface area (Å²) < 4.78 is 10.7. The molecule has 0 aliphatic carbocycles. The van der Waals surface area contributed by atoms with Crippen LogP contribution >= 0.6 is 0 Å². The molecule has 1 aliphatic rings. The fourth-order valence-corrected chi connectivity index (χ4v) is 2.64. The van der Waals surface area contributed by atoms with Gasteiger partial charge in [0, 0.05) is 38.8 Å². The largest absolute Gasteiger partial charge is 0.493 e. The number of carbonyl (C=O) groups excluding carboxylic acids is 1. The van der Waals surface area contributed by atoms with Gasteiger partial charge >= 0.3 is 0 Å². The van der Waals surface area contributed by atoms with Gasteiger partial charge in [-0.1, -0.05) is 0 Å². The average molecular weight is 333 g/mol. The van der Waals surface area contributed by atoms with Crippen LogP contribution in [0.3, 0.4) is 0 Å². The van der Waals surface area contributed by atoms with Crippen LogP contribution in [-0.2, 0) is 4.79 Å². The van der Waals surface area contributed by atoms with E-state index in [-0.39, 0.29) is 18.6 Å². The van der Waals surface area contributed by atoms with Crippen LogP contribution in [0.4, 0.5) is 0 Å². The Hall–Kier alpha value is -2.30. The molecular formula is C17H23N3O4. The Morgan fingerprint density at radius 2 is 2.04 bits per heavy atom. The average Bonchev–Trinajstić information content (AvgIpc) is 2.59. The number of hydrogen-bond donors (Lipinski definition) is 1. The van der Waals surface area contributed by atoms with E-state index >= 15 is 0 Å². The van der Waals surface area contributed by atoms with Crippen molar-refractivity contribution in [1.82, 2.24) is 9.80 Å². The molecule has 0 bridgehead atoms. The summed E-state index contributed by atoms with van der Waals surface area (Å²) in [4.78, 5) is 16.2. The standard InChI is InChI=1S/C17H23N3O4/c1-13(21)11-19-5-7-20(8-6-19)17(22)12-24-15-4-3-14(10-18)9-16(15)23-2/h3-4,9,13,21H,5-8,11-12H2,1-2H3/t13-/m0/s1. The molecule has 0 unspecified atom stereocenters. The van der Waals surface area contributed by atoms with E-state index in [1.54, 1.807) is 30.0 Å². The maximum absolute atomic E-state index is 12.3. The zero-order valence-corrected chi connectivity index (χ0v) is 14.1. The second-order valence-corrected chi connectivity index (χ2v) is 5.80. The minimum atomic E-state index is -0.362. The third kappa shape index (κ3) is 4.85. The highest BCUT2D eigenvalue weighted by Crippen LogP contribution is 2.27. The molecule has 1 fully saturated rings. The number of nitrogens with zero attached hydrogens (tertiary/aromatic N) is 3. The number of β-amino-alcohol motifs (C(OH)–C–C–N with tert-alkyl or cyclic N) is 1. The van der Waals surface area contributed by atoms with E-state index in [1.807, 2.05) is 6.07 Å². The quantitative estimate of drug-likeness (QED) is 0.814. The first-order valence-corrected chi connectivity index (χ1v) is 7.92. The normalized spacial score (nSPS) is 16.3. The lowest BCUT2D eigenvalue weighted by molar-refractivity contribution is -0.135. The number of hydrogen-bond acceptors (Lipinski definition) is 6. The summed E-state index contributed by atoms with van der Waals surface area (Å²) in [5.74, 6) is 0.791. The van der Waals surface area contributed by atoms with Crippen molar-refractivity contribution in [3.8, 4) is 17.6 Å². The summed E-state index contributed by atoms with van der Waals surface area (Å²) in [6.45, 7) is 5.06. The van der Waals surface area contributed by atoms with E-state index in [2.05, 4.69) is 4.90 Å². The Kier molecular flexibility index (Phi) is 6.41. The first kappa shape index (κ1) is 18.0. The fraction of sp³-hybridized carbons (Fsp3) is 0.529. The van der Waals surface area contributed by atoms with Crippen LogP contribution in [0.15, 0.2) is 18.2 Å². The van der Waals surface area contributed by atoms with Crippen LogP contribution in [0.1, 0.15) is 12.5 Å². The topological polar surface area (TPSA) is 86.0 Å². The molecule has 1 atom stereocenters. The predicted molar refractivity (Wildman–Crippen MR) is 87.9 cm³/mol. The lowest BCUT2D eigenvalue weighted by atomic mass is 10.2. The van der Waals surface area contributed by atoms with Crippen molar-refractivity contribution in [2.45, 2.75) is 13.0 Å². The van der Waals surface area contributed by atoms with Crippen molar-refractivity contribution in [2.75, 3.05) is 46.4 Å². The van der Waals surface area contributed by atoms with Crippen LogP contribution in [0.25, 0.3) is 0 Å². The van der Waals surface area contributed by atoms with Gasteiger partial charge in [0.1, 0.15) is 0 Å². The molecule has 2 rings (SSSR count). The van der Waals surface area contributed by atoms with Crippen LogP contribution in [-0.4, -0.2) is 73.4 Å². The maximum Gasteiger partial charge on any atom is 0.260 e. The molecule has 1 heterocycles. The SMILES string of the molecule is COc1cc(C#N)ccc1OCC(=O)N1CCN(C[C@H](C)O)CC1. The van der Waals surface area contributed by atoms with Gasteiger partial charge in [0.2, 0.25) is 0 Å². The number of amides is 1. The third-order valence-corrected chi connectivity index (χ3v) is 3.89. The minimum absolute atomic E-state index is 0.0708. The molecule has 0 aromatic heterocycles. The lowest BCUT2D eigenvalue weighted by Gasteiger charge is -2.35. The predicted octanol–water partition coefficient (Wildman–Crippen LogP) is 0.471. The molecule has 0 saturated carbocycles. The molecule has 1 amide bonds. The number of rotatable bonds is 6. The fourth-order valence-electron chi connectivity index (χ4n) is 2.64. The zero-order chi connectivity index (χ0) is 17.5. The van der Waals surface area contributed by atoms with Gasteiger partial charge in [0.25, 0.3) is 5.91 Å². The maximum atomic E-state index is 12.3. The van der Waals surface area contributed by atoms with E-state index in [0.29, 0.717) is 36.7 Å². The minimum Gasteiger partial charge on any atom is -0.493 e. The van der Waals surface area contributed by atoms with Gasteiger partial charge in [0.05, 0.1) is 24.8 Å². The van der Waals surface area contributed by atoms with E-state index in [4.69, 9.17) is 14.7 Å². The Morgan fingerprint density at radius 1 is 1.33 bits per heavy atom. The summed E-state index contributed by atoms with van der Waals surface area (Å²) in [7, 11) is 1.49. The monoisotopic (exact) mass is 333 g/mol. The molecule has 7 nitrogen and oxygen atoms in total. The molecule has 0 spiro atoms. The van der Waals surface area contributed by atoms with Gasteiger partial charge in [-0.25, -0.2) is 0 Å². The Labute approximate surface area is 142 Å².